The lowest BCUT2D eigenvalue weighted by Gasteiger charge is -2.26. The molecule has 0 amide bonds. The van der Waals surface area contributed by atoms with Gasteiger partial charge in [-0.15, -0.1) is 11.8 Å². The van der Waals surface area contributed by atoms with Gasteiger partial charge < -0.3 is 9.15 Å². The summed E-state index contributed by atoms with van der Waals surface area (Å²) in [5, 5.41) is 0.615. The summed E-state index contributed by atoms with van der Waals surface area (Å²) in [5.41, 5.74) is 4.00. The van der Waals surface area contributed by atoms with Gasteiger partial charge in [-0.25, -0.2) is 9.79 Å². The number of carbonyl (C=O) groups is 1. The van der Waals surface area contributed by atoms with Crippen LogP contribution in [0, 0.1) is 6.92 Å². The third-order valence-corrected chi connectivity index (χ3v) is 9.13. The van der Waals surface area contributed by atoms with Crippen LogP contribution in [0.4, 0.5) is 0 Å². The number of aryl methyl sites for hydroxylation is 1. The quantitative estimate of drug-likeness (QED) is 0.145. The van der Waals surface area contributed by atoms with Crippen LogP contribution < -0.4 is 14.9 Å². The Bertz CT molecular complexity index is 2040. The highest BCUT2D eigenvalue weighted by atomic mass is 35.5. The molecule has 1 atom stereocenters. The minimum atomic E-state index is -0.732. The number of hydrogen-bond acceptors (Lipinski definition) is 7. The first-order valence-corrected chi connectivity index (χ1v) is 16.1. The Morgan fingerprint density at radius 3 is 2.58 bits per heavy atom. The minimum Gasteiger partial charge on any atom is -0.463 e. The van der Waals surface area contributed by atoms with Gasteiger partial charge in [0.05, 0.1) is 28.5 Å². The van der Waals surface area contributed by atoms with E-state index in [1.165, 1.54) is 11.3 Å². The van der Waals surface area contributed by atoms with Crippen LogP contribution in [0.3, 0.4) is 0 Å². The fourth-order valence-electron chi connectivity index (χ4n) is 5.11. The second kappa shape index (κ2) is 12.2. The fourth-order valence-corrected chi connectivity index (χ4v) is 6.67. The van der Waals surface area contributed by atoms with Gasteiger partial charge in [-0.2, -0.15) is 0 Å². The summed E-state index contributed by atoms with van der Waals surface area (Å²) in [7, 11) is 0. The molecule has 0 unspecified atom stereocenters. The van der Waals surface area contributed by atoms with E-state index in [9.17, 15) is 9.59 Å². The summed E-state index contributed by atoms with van der Waals surface area (Å²) in [4.78, 5) is 34.2. The molecule has 5 aromatic rings. The molecule has 1 aliphatic rings. The van der Waals surface area contributed by atoms with Crippen LogP contribution in [0.25, 0.3) is 23.1 Å². The summed E-state index contributed by atoms with van der Waals surface area (Å²) < 4.78 is 13.7. The number of ether oxygens (including phenoxy) is 1. The van der Waals surface area contributed by atoms with E-state index >= 15 is 0 Å². The Kier molecular flexibility index (Phi) is 8.25. The first kappa shape index (κ1) is 29.0. The second-order valence-corrected chi connectivity index (χ2v) is 12.2. The van der Waals surface area contributed by atoms with Gasteiger partial charge in [-0.05, 0) is 67.6 Å². The monoisotopic (exact) mass is 626 g/mol. The molecule has 0 aliphatic carbocycles. The molecule has 0 saturated carbocycles. The summed E-state index contributed by atoms with van der Waals surface area (Å²) in [6.07, 6.45) is 3.72. The summed E-state index contributed by atoms with van der Waals surface area (Å²) in [5.74, 6) is 0.668. The summed E-state index contributed by atoms with van der Waals surface area (Å²) >= 11 is 9.11. The molecule has 0 saturated heterocycles. The molecule has 3 aromatic carbocycles. The van der Waals surface area contributed by atoms with Crippen molar-refractivity contribution < 1.29 is 13.9 Å². The second-order valence-electron chi connectivity index (χ2n) is 9.87. The Morgan fingerprint density at radius 1 is 1.09 bits per heavy atom. The van der Waals surface area contributed by atoms with Crippen molar-refractivity contribution in [2.24, 2.45) is 4.99 Å². The minimum absolute atomic E-state index is 0.194. The van der Waals surface area contributed by atoms with Crippen molar-refractivity contribution in [3.8, 4) is 11.3 Å². The van der Waals surface area contributed by atoms with Crippen molar-refractivity contribution >= 4 is 52.4 Å². The average Bonchev–Trinajstić information content (AvgIpc) is 3.62. The van der Waals surface area contributed by atoms with Gasteiger partial charge in [-0.3, -0.25) is 9.36 Å². The lowest BCUT2D eigenvalue weighted by Crippen LogP contribution is -2.40. The fraction of sp³-hybridized carbons (Fsp3) is 0.147. The van der Waals surface area contributed by atoms with E-state index in [0.717, 1.165) is 27.1 Å². The molecule has 43 heavy (non-hydrogen) atoms. The molecule has 9 heteroatoms. The molecule has 0 fully saturated rings. The summed E-state index contributed by atoms with van der Waals surface area (Å²) in [6, 6.07) is 26.0. The van der Waals surface area contributed by atoms with Crippen molar-refractivity contribution in [3.63, 3.8) is 0 Å². The number of furan rings is 1. The molecule has 6 rings (SSSR count). The normalized spacial score (nSPS) is 14.9. The molecule has 3 heterocycles. The number of rotatable bonds is 7. The number of aromatic nitrogens is 1. The number of thiazole rings is 1. The van der Waals surface area contributed by atoms with Crippen molar-refractivity contribution in [1.29, 1.82) is 0 Å². The maximum Gasteiger partial charge on any atom is 0.338 e. The van der Waals surface area contributed by atoms with Gasteiger partial charge in [0.2, 0.25) is 0 Å². The Morgan fingerprint density at radius 2 is 1.86 bits per heavy atom. The number of nitrogens with zero attached hydrogens (tertiary/aromatic N) is 2. The first-order valence-electron chi connectivity index (χ1n) is 13.7. The molecule has 0 bridgehead atoms. The highest BCUT2D eigenvalue weighted by Crippen LogP contribution is 2.36. The molecule has 216 valence electrons. The highest BCUT2D eigenvalue weighted by Gasteiger charge is 2.35. The lowest BCUT2D eigenvalue weighted by atomic mass is 9.93. The number of esters is 1. The van der Waals surface area contributed by atoms with E-state index in [4.69, 9.17) is 25.7 Å². The van der Waals surface area contributed by atoms with E-state index in [1.807, 2.05) is 98.1 Å². The first-order chi connectivity index (χ1) is 20.9. The van der Waals surface area contributed by atoms with Crippen molar-refractivity contribution in [2.45, 2.75) is 24.8 Å². The van der Waals surface area contributed by atoms with Crippen LogP contribution in [0.1, 0.15) is 35.4 Å². The zero-order chi connectivity index (χ0) is 30.1. The smallest absolute Gasteiger partial charge is 0.338 e. The molecule has 6 nitrogen and oxygen atoms in total. The van der Waals surface area contributed by atoms with Gasteiger partial charge in [0.25, 0.3) is 5.56 Å². The summed E-state index contributed by atoms with van der Waals surface area (Å²) in [6.45, 7) is 3.95. The zero-order valence-corrected chi connectivity index (χ0v) is 26.1. The van der Waals surface area contributed by atoms with E-state index in [0.29, 0.717) is 37.1 Å². The van der Waals surface area contributed by atoms with E-state index in [-0.39, 0.29) is 12.2 Å². The van der Waals surface area contributed by atoms with Gasteiger partial charge >= 0.3 is 5.97 Å². The van der Waals surface area contributed by atoms with Gasteiger partial charge in [-0.1, -0.05) is 71.5 Å². The number of carbonyl (C=O) groups excluding carboxylic acids is 1. The van der Waals surface area contributed by atoms with E-state index < -0.39 is 12.0 Å². The highest BCUT2D eigenvalue weighted by molar-refractivity contribution is 7.98. The third-order valence-electron chi connectivity index (χ3n) is 7.17. The van der Waals surface area contributed by atoms with Crippen LogP contribution in [0.5, 0.6) is 0 Å². The van der Waals surface area contributed by atoms with Crippen LogP contribution in [0.15, 0.2) is 110 Å². The van der Waals surface area contributed by atoms with E-state index in [1.54, 1.807) is 29.3 Å². The van der Waals surface area contributed by atoms with Crippen molar-refractivity contribution in [2.75, 3.05) is 12.9 Å². The predicted molar refractivity (Wildman–Crippen MR) is 173 cm³/mol. The Labute approximate surface area is 261 Å². The van der Waals surface area contributed by atoms with Crippen molar-refractivity contribution in [3.05, 3.63) is 138 Å². The molecular formula is C34H27ClN2O4S2. The van der Waals surface area contributed by atoms with E-state index in [2.05, 4.69) is 0 Å². The van der Waals surface area contributed by atoms with Crippen molar-refractivity contribution in [1.82, 2.24) is 4.57 Å². The lowest BCUT2D eigenvalue weighted by molar-refractivity contribution is -0.138. The number of benzene rings is 3. The molecule has 0 radical (unpaired) electrons. The number of thioether (sulfide) groups is 1. The SMILES string of the molecule is CCOC(=O)C1=C(c2ccccc2)N=c2s/c(=C\c3ccc(-c4cc(Cl)ccc4C)o3)c(=O)n2[C@H]1c1ccc(SC)cc1. The van der Waals surface area contributed by atoms with Gasteiger partial charge in [0, 0.05) is 27.1 Å². The molecular weight excluding hydrogens is 600 g/mol. The average molecular weight is 627 g/mol. The molecule has 1 aliphatic heterocycles. The number of halogens is 1. The largest absolute Gasteiger partial charge is 0.463 e. The Balaban J connectivity index is 1.56. The number of fused-ring (bicyclic) bond motifs is 1. The van der Waals surface area contributed by atoms with Crippen LogP contribution in [-0.2, 0) is 9.53 Å². The van der Waals surface area contributed by atoms with Crippen LogP contribution >= 0.6 is 34.7 Å². The predicted octanol–water partition coefficient (Wildman–Crippen LogP) is 6.88. The van der Waals surface area contributed by atoms with Crippen LogP contribution in [0.2, 0.25) is 5.02 Å². The standard InChI is InChI=1S/C34H27ClN2O4S2/c1-4-40-33(39)29-30(21-8-6-5-7-9-21)36-34-37(31(29)22-11-15-25(42-3)16-12-22)32(38)28(43-34)19-24-14-17-27(41-24)26-18-23(35)13-10-20(26)2/h5-19,31H,4H2,1-3H3/b28-19-/t31-/m0/s1. The maximum absolute atomic E-state index is 14.1. The molecule has 0 spiro atoms. The Hall–Kier alpha value is -4.11. The molecule has 2 aromatic heterocycles. The topological polar surface area (TPSA) is 73.8 Å². The molecule has 0 N–H and O–H groups in total. The van der Waals surface area contributed by atoms with Gasteiger partial charge in [0.15, 0.2) is 4.80 Å². The third kappa shape index (κ3) is 5.66. The maximum atomic E-state index is 14.1. The zero-order valence-electron chi connectivity index (χ0n) is 23.7. The number of hydrogen-bond donors (Lipinski definition) is 0. The van der Waals surface area contributed by atoms with Crippen LogP contribution in [-0.4, -0.2) is 23.4 Å². The van der Waals surface area contributed by atoms with Gasteiger partial charge in [0.1, 0.15) is 11.5 Å².